The third-order valence-corrected chi connectivity index (χ3v) is 8.70. The van der Waals surface area contributed by atoms with E-state index < -0.39 is 0 Å². The quantitative estimate of drug-likeness (QED) is 0.326. The van der Waals surface area contributed by atoms with E-state index in [-0.39, 0.29) is 5.83 Å². The zero-order chi connectivity index (χ0) is 30.4. The van der Waals surface area contributed by atoms with Gasteiger partial charge in [0.15, 0.2) is 0 Å². The van der Waals surface area contributed by atoms with Crippen LogP contribution in [0.1, 0.15) is 106 Å². The number of nitrogen functional groups attached to an aromatic ring is 1. The molecule has 8 heteroatoms. The summed E-state index contributed by atoms with van der Waals surface area (Å²) in [5, 5.41) is 11.4. The number of anilines is 2. The molecule has 0 aliphatic carbocycles. The summed E-state index contributed by atoms with van der Waals surface area (Å²) in [4.78, 5) is 12.4. The van der Waals surface area contributed by atoms with Gasteiger partial charge in [-0.05, 0) is 67.4 Å². The molecule has 0 spiro atoms. The van der Waals surface area contributed by atoms with Gasteiger partial charge in [0.1, 0.15) is 16.9 Å². The molecule has 1 aromatic carbocycles. The number of aromatic nitrogens is 2. The zero-order valence-corrected chi connectivity index (χ0v) is 26.9. The van der Waals surface area contributed by atoms with E-state index in [1.807, 2.05) is 40.8 Å². The average Bonchev–Trinajstić information content (AvgIpc) is 3.75. The maximum absolute atomic E-state index is 15.2. The van der Waals surface area contributed by atoms with Gasteiger partial charge in [0.05, 0.1) is 29.2 Å². The highest BCUT2D eigenvalue weighted by atomic mass is 32.1. The normalized spacial score (nSPS) is 16.9. The van der Waals surface area contributed by atoms with Gasteiger partial charge in [0, 0.05) is 30.2 Å². The van der Waals surface area contributed by atoms with Crippen molar-refractivity contribution in [3.63, 3.8) is 0 Å². The van der Waals surface area contributed by atoms with E-state index in [4.69, 9.17) is 20.4 Å². The smallest absolute Gasteiger partial charge is 0.225 e. The van der Waals surface area contributed by atoms with Crippen LogP contribution in [0.25, 0.3) is 22.3 Å². The first-order valence-electron chi connectivity index (χ1n) is 14.8. The lowest BCUT2D eigenvalue weighted by Crippen LogP contribution is -2.21. The first kappa shape index (κ1) is 32.2. The standard InChI is InChI=1S/C29H32FN5OS.2C2H6/c1-6-16(4)23(25-18(10-31)28(32)37-27(25)22(30)7-2)24-17(5)26-19(20-13-36-14-21(20)24)11-33-29(34-26)35-9-8-15(3)12-35;2*1-2/h7,11,15H,6,8-9,12-14,32H2,1-5H3;2*1-2H3/b22-7+,23-16+;;. The molecule has 0 amide bonds. The lowest BCUT2D eigenvalue weighted by Gasteiger charge is -2.22. The monoisotopic (exact) mass is 577 g/mol. The molecule has 1 unspecified atom stereocenters. The Labute approximate surface area is 248 Å². The van der Waals surface area contributed by atoms with Crippen LogP contribution in [0.4, 0.5) is 15.3 Å². The molecule has 1 saturated heterocycles. The van der Waals surface area contributed by atoms with Gasteiger partial charge in [-0.3, -0.25) is 0 Å². The van der Waals surface area contributed by atoms with Crippen LogP contribution in [0, 0.1) is 24.2 Å². The van der Waals surface area contributed by atoms with Crippen LogP contribution in [0.3, 0.4) is 0 Å². The summed E-state index contributed by atoms with van der Waals surface area (Å²) in [5.74, 6) is 0.967. The van der Waals surface area contributed by atoms with Crippen molar-refractivity contribution in [2.75, 3.05) is 23.7 Å². The minimum absolute atomic E-state index is 0.321. The first-order chi connectivity index (χ1) is 19.8. The predicted octanol–water partition coefficient (Wildman–Crippen LogP) is 8.94. The number of nitriles is 1. The topological polar surface area (TPSA) is 88.1 Å². The Morgan fingerprint density at radius 2 is 1.93 bits per heavy atom. The first-order valence-corrected chi connectivity index (χ1v) is 15.6. The highest BCUT2D eigenvalue weighted by Crippen LogP contribution is 2.47. The number of hydrogen-bond acceptors (Lipinski definition) is 7. The van der Waals surface area contributed by atoms with E-state index >= 15 is 4.39 Å². The van der Waals surface area contributed by atoms with E-state index in [0.717, 1.165) is 87.5 Å². The van der Waals surface area contributed by atoms with E-state index in [1.165, 1.54) is 6.08 Å². The molecule has 0 radical (unpaired) electrons. The number of aryl methyl sites for hydroxylation is 1. The SMILES string of the molecule is C/C=C(/F)c1sc(N)c(C#N)c1/C(=C(\C)CC)c1c2c(c3cnc(N4CCC(C)C4)nc3c1C)COC2.CC.CC. The summed E-state index contributed by atoms with van der Waals surface area (Å²) in [6, 6.07) is 2.26. The number of fused-ring (bicyclic) bond motifs is 3. The van der Waals surface area contributed by atoms with Crippen LogP contribution in [-0.4, -0.2) is 23.1 Å². The lowest BCUT2D eigenvalue weighted by atomic mass is 9.82. The van der Waals surface area contributed by atoms with Crippen molar-refractivity contribution in [1.82, 2.24) is 9.97 Å². The molecule has 220 valence electrons. The van der Waals surface area contributed by atoms with Crippen LogP contribution in [-0.2, 0) is 18.0 Å². The molecule has 2 N–H and O–H groups in total. The summed E-state index contributed by atoms with van der Waals surface area (Å²) in [5.41, 5.74) is 14.0. The summed E-state index contributed by atoms with van der Waals surface area (Å²) >= 11 is 1.13. The predicted molar refractivity (Wildman–Crippen MR) is 172 cm³/mol. The molecular weight excluding hydrogens is 533 g/mol. The zero-order valence-electron chi connectivity index (χ0n) is 26.0. The summed E-state index contributed by atoms with van der Waals surface area (Å²) in [7, 11) is 0. The Morgan fingerprint density at radius 1 is 1.24 bits per heavy atom. The molecule has 3 aromatic rings. The molecule has 0 bridgehead atoms. The van der Waals surface area contributed by atoms with Gasteiger partial charge in [-0.25, -0.2) is 14.4 Å². The van der Waals surface area contributed by atoms with E-state index in [0.29, 0.717) is 40.1 Å². The molecule has 41 heavy (non-hydrogen) atoms. The summed E-state index contributed by atoms with van der Waals surface area (Å²) in [6.07, 6.45) is 5.21. The van der Waals surface area contributed by atoms with Gasteiger partial charge in [-0.1, -0.05) is 53.2 Å². The number of hydrogen-bond donors (Lipinski definition) is 1. The molecule has 5 rings (SSSR count). The van der Waals surface area contributed by atoms with Crippen molar-refractivity contribution in [2.24, 2.45) is 5.92 Å². The second-order valence-electron chi connectivity index (χ2n) is 10.0. The van der Waals surface area contributed by atoms with Gasteiger partial charge in [0.25, 0.3) is 0 Å². The summed E-state index contributed by atoms with van der Waals surface area (Å²) in [6.45, 7) is 20.9. The van der Waals surface area contributed by atoms with Gasteiger partial charge < -0.3 is 15.4 Å². The number of ether oxygens (including phenoxy) is 1. The highest BCUT2D eigenvalue weighted by Gasteiger charge is 2.31. The molecular formula is C33H44FN5OS. The van der Waals surface area contributed by atoms with Crippen molar-refractivity contribution in [3.8, 4) is 6.07 Å². The van der Waals surface area contributed by atoms with Crippen LogP contribution in [0.15, 0.2) is 17.8 Å². The Kier molecular flexibility index (Phi) is 11.1. The maximum Gasteiger partial charge on any atom is 0.225 e. The fraction of sp³-hybridized carbons (Fsp3) is 0.485. The molecule has 0 saturated carbocycles. The second kappa shape index (κ2) is 14.1. The number of nitrogens with two attached hydrogens (primary N) is 1. The fourth-order valence-electron chi connectivity index (χ4n) is 5.55. The van der Waals surface area contributed by atoms with Crippen LogP contribution in [0.2, 0.25) is 0 Å². The van der Waals surface area contributed by atoms with Gasteiger partial charge >= 0.3 is 0 Å². The van der Waals surface area contributed by atoms with Gasteiger partial charge in [-0.2, -0.15) is 5.26 Å². The molecule has 2 aliphatic rings. The van der Waals surface area contributed by atoms with E-state index in [9.17, 15) is 5.26 Å². The molecule has 4 heterocycles. The number of rotatable bonds is 5. The molecule has 6 nitrogen and oxygen atoms in total. The number of nitrogens with zero attached hydrogens (tertiary/aromatic N) is 4. The third kappa shape index (κ3) is 5.89. The fourth-order valence-corrected chi connectivity index (χ4v) is 6.54. The largest absolute Gasteiger partial charge is 0.389 e. The maximum atomic E-state index is 15.2. The van der Waals surface area contributed by atoms with Crippen LogP contribution in [0.5, 0.6) is 0 Å². The number of thiophene rings is 1. The number of allylic oxidation sites excluding steroid dienone is 2. The molecule has 2 aromatic heterocycles. The van der Waals surface area contributed by atoms with Crippen molar-refractivity contribution in [3.05, 3.63) is 56.1 Å². The van der Waals surface area contributed by atoms with E-state index in [1.54, 1.807) is 6.92 Å². The number of benzene rings is 1. The van der Waals surface area contributed by atoms with Gasteiger partial charge in [0.2, 0.25) is 5.95 Å². The average molecular weight is 578 g/mol. The summed E-state index contributed by atoms with van der Waals surface area (Å²) < 4.78 is 21.2. The van der Waals surface area contributed by atoms with Crippen LogP contribution < -0.4 is 10.6 Å². The molecule has 1 fully saturated rings. The Morgan fingerprint density at radius 3 is 2.51 bits per heavy atom. The van der Waals surface area contributed by atoms with Crippen molar-refractivity contribution in [2.45, 2.75) is 88.4 Å². The van der Waals surface area contributed by atoms with Crippen molar-refractivity contribution < 1.29 is 9.13 Å². The molecule has 2 aliphatic heterocycles. The Balaban J connectivity index is 0.00000111. The number of halogens is 1. The minimum atomic E-state index is -0.381. The van der Waals surface area contributed by atoms with Crippen molar-refractivity contribution in [1.29, 1.82) is 5.26 Å². The van der Waals surface area contributed by atoms with E-state index in [2.05, 4.69) is 31.7 Å². The third-order valence-electron chi connectivity index (χ3n) is 7.67. The minimum Gasteiger partial charge on any atom is -0.389 e. The van der Waals surface area contributed by atoms with Crippen LogP contribution >= 0.6 is 11.3 Å². The lowest BCUT2D eigenvalue weighted by molar-refractivity contribution is 0.135. The second-order valence-corrected chi connectivity index (χ2v) is 11.1. The van der Waals surface area contributed by atoms with Crippen molar-refractivity contribution >= 4 is 44.6 Å². The molecule has 1 atom stereocenters. The Hall–Kier alpha value is -3.28. The highest BCUT2D eigenvalue weighted by molar-refractivity contribution is 7.17. The van der Waals surface area contributed by atoms with Gasteiger partial charge in [-0.15, -0.1) is 11.3 Å². The Bertz CT molecular complexity index is 1510.